The van der Waals surface area contributed by atoms with Gasteiger partial charge in [0.1, 0.15) is 12.3 Å². The van der Waals surface area contributed by atoms with Crippen LogP contribution in [-0.2, 0) is 4.79 Å². The van der Waals surface area contributed by atoms with Gasteiger partial charge in [-0.25, -0.2) is 9.97 Å². The van der Waals surface area contributed by atoms with Crippen LogP contribution in [-0.4, -0.2) is 45.7 Å². The first kappa shape index (κ1) is 18.1. The van der Waals surface area contributed by atoms with E-state index in [1.165, 1.54) is 0 Å². The highest BCUT2D eigenvalue weighted by Crippen LogP contribution is 2.31. The molecule has 3 N–H and O–H groups in total. The number of carboxylic acid groups (broad SMARTS) is 1. The maximum Gasteiger partial charge on any atom is 0.322 e. The van der Waals surface area contributed by atoms with E-state index in [2.05, 4.69) is 15.3 Å². The van der Waals surface area contributed by atoms with Crippen LogP contribution in [0.4, 0.5) is 0 Å². The maximum absolute atomic E-state index is 12.1. The molecule has 3 aromatic rings. The van der Waals surface area contributed by atoms with Gasteiger partial charge < -0.3 is 20.3 Å². The molecule has 0 spiro atoms. The van der Waals surface area contributed by atoms with E-state index in [-0.39, 0.29) is 11.4 Å². The SMILES string of the molecule is COc1ccc(-c2ccc3c(O)c(C(=O)NCC(=O)O)nc(C)c3n2)cc1. The molecule has 2 aromatic heterocycles. The Kier molecular flexibility index (Phi) is 4.89. The summed E-state index contributed by atoms with van der Waals surface area (Å²) in [7, 11) is 1.59. The summed E-state index contributed by atoms with van der Waals surface area (Å²) in [5.41, 5.74) is 2.20. The molecule has 0 fully saturated rings. The van der Waals surface area contributed by atoms with Crippen molar-refractivity contribution in [3.05, 3.63) is 47.8 Å². The van der Waals surface area contributed by atoms with Crippen molar-refractivity contribution < 1.29 is 24.5 Å². The van der Waals surface area contributed by atoms with Gasteiger partial charge >= 0.3 is 5.97 Å². The van der Waals surface area contributed by atoms with Crippen molar-refractivity contribution in [1.82, 2.24) is 15.3 Å². The van der Waals surface area contributed by atoms with E-state index in [1.54, 1.807) is 26.2 Å². The maximum atomic E-state index is 12.1. The Morgan fingerprint density at radius 3 is 2.44 bits per heavy atom. The summed E-state index contributed by atoms with van der Waals surface area (Å²) in [5, 5.41) is 21.6. The number of ether oxygens (including phenoxy) is 1. The minimum absolute atomic E-state index is 0.236. The predicted octanol–water partition coefficient (Wildman–Crippen LogP) is 2.13. The fourth-order valence-electron chi connectivity index (χ4n) is 2.65. The number of carbonyl (C=O) groups excluding carboxylic acids is 1. The Hall–Kier alpha value is -3.68. The lowest BCUT2D eigenvalue weighted by molar-refractivity contribution is -0.135. The Bertz CT molecular complexity index is 1030. The molecule has 8 nitrogen and oxygen atoms in total. The van der Waals surface area contributed by atoms with Crippen molar-refractivity contribution in [2.24, 2.45) is 0 Å². The number of aryl methyl sites for hydroxylation is 1. The number of fused-ring (bicyclic) bond motifs is 1. The molecular weight excluding hydrogens is 350 g/mol. The van der Waals surface area contributed by atoms with Gasteiger partial charge in [0.2, 0.25) is 0 Å². The minimum Gasteiger partial charge on any atom is -0.505 e. The van der Waals surface area contributed by atoms with Crippen molar-refractivity contribution in [3.63, 3.8) is 0 Å². The standard InChI is InChI=1S/C19H17N3O5/c1-10-16-13(18(25)17(21-10)19(26)20-9-15(23)24)7-8-14(22-16)11-3-5-12(27-2)6-4-11/h3-8,25H,9H2,1-2H3,(H,20,26)(H,23,24). The number of methoxy groups -OCH3 is 1. The molecule has 0 aliphatic rings. The Morgan fingerprint density at radius 1 is 1.11 bits per heavy atom. The van der Waals surface area contributed by atoms with E-state index in [0.717, 1.165) is 11.3 Å². The van der Waals surface area contributed by atoms with E-state index < -0.39 is 18.4 Å². The molecule has 0 atom stereocenters. The average Bonchev–Trinajstić information content (AvgIpc) is 2.68. The largest absolute Gasteiger partial charge is 0.505 e. The van der Waals surface area contributed by atoms with Gasteiger partial charge in [-0.1, -0.05) is 0 Å². The number of pyridine rings is 2. The highest BCUT2D eigenvalue weighted by atomic mass is 16.5. The Balaban J connectivity index is 2.02. The first-order chi connectivity index (χ1) is 12.9. The summed E-state index contributed by atoms with van der Waals surface area (Å²) in [6, 6.07) is 10.7. The number of amides is 1. The van der Waals surface area contributed by atoms with Crippen LogP contribution in [0.25, 0.3) is 22.2 Å². The summed E-state index contributed by atoms with van der Waals surface area (Å²) in [5.74, 6) is -1.57. The normalized spacial score (nSPS) is 10.6. The quantitative estimate of drug-likeness (QED) is 0.631. The van der Waals surface area contributed by atoms with Gasteiger partial charge in [0.15, 0.2) is 11.4 Å². The van der Waals surface area contributed by atoms with Crippen LogP contribution in [0.3, 0.4) is 0 Å². The number of rotatable bonds is 5. The molecule has 2 heterocycles. The van der Waals surface area contributed by atoms with Crippen LogP contribution in [0.1, 0.15) is 16.2 Å². The number of hydrogen-bond acceptors (Lipinski definition) is 6. The summed E-state index contributed by atoms with van der Waals surface area (Å²) in [4.78, 5) is 31.3. The topological polar surface area (TPSA) is 122 Å². The van der Waals surface area contributed by atoms with Gasteiger partial charge in [-0.15, -0.1) is 0 Å². The van der Waals surface area contributed by atoms with Gasteiger partial charge in [-0.05, 0) is 43.3 Å². The zero-order valence-corrected chi connectivity index (χ0v) is 14.7. The van der Waals surface area contributed by atoms with Crippen LogP contribution in [0.5, 0.6) is 11.5 Å². The first-order valence-electron chi connectivity index (χ1n) is 8.05. The van der Waals surface area contributed by atoms with Crippen molar-refractivity contribution in [3.8, 4) is 22.8 Å². The lowest BCUT2D eigenvalue weighted by Crippen LogP contribution is -2.30. The summed E-state index contributed by atoms with van der Waals surface area (Å²) >= 11 is 0. The van der Waals surface area contributed by atoms with Gasteiger partial charge in [0, 0.05) is 10.9 Å². The van der Waals surface area contributed by atoms with Crippen molar-refractivity contribution in [2.45, 2.75) is 6.92 Å². The van der Waals surface area contributed by atoms with Crippen LogP contribution in [0, 0.1) is 6.92 Å². The van der Waals surface area contributed by atoms with E-state index in [1.807, 2.05) is 24.3 Å². The summed E-state index contributed by atoms with van der Waals surface area (Å²) < 4.78 is 5.14. The molecular formula is C19H17N3O5. The highest BCUT2D eigenvalue weighted by molar-refractivity contribution is 6.02. The molecule has 3 rings (SSSR count). The van der Waals surface area contributed by atoms with E-state index in [9.17, 15) is 14.7 Å². The lowest BCUT2D eigenvalue weighted by Gasteiger charge is -2.11. The van der Waals surface area contributed by atoms with Crippen molar-refractivity contribution >= 4 is 22.8 Å². The number of carbonyl (C=O) groups is 2. The third-order valence-electron chi connectivity index (χ3n) is 4.00. The zero-order chi connectivity index (χ0) is 19.6. The minimum atomic E-state index is -1.19. The molecule has 0 radical (unpaired) electrons. The monoisotopic (exact) mass is 367 g/mol. The average molecular weight is 367 g/mol. The summed E-state index contributed by atoms with van der Waals surface area (Å²) in [6.07, 6.45) is 0. The number of carboxylic acids is 1. The van der Waals surface area contributed by atoms with Crippen LogP contribution in [0.15, 0.2) is 36.4 Å². The number of benzene rings is 1. The van der Waals surface area contributed by atoms with Gasteiger partial charge in [0.05, 0.1) is 24.0 Å². The van der Waals surface area contributed by atoms with Crippen molar-refractivity contribution in [1.29, 1.82) is 0 Å². The van der Waals surface area contributed by atoms with Gasteiger partial charge in [-0.2, -0.15) is 0 Å². The van der Waals surface area contributed by atoms with Gasteiger partial charge in [0.25, 0.3) is 5.91 Å². The van der Waals surface area contributed by atoms with Crippen LogP contribution >= 0.6 is 0 Å². The fraction of sp³-hybridized carbons (Fsp3) is 0.158. The molecule has 0 saturated carbocycles. The third kappa shape index (κ3) is 3.64. The Labute approximate surface area is 154 Å². The third-order valence-corrected chi connectivity index (χ3v) is 4.00. The smallest absolute Gasteiger partial charge is 0.322 e. The molecule has 27 heavy (non-hydrogen) atoms. The second kappa shape index (κ2) is 7.28. The van der Waals surface area contributed by atoms with E-state index in [0.29, 0.717) is 22.3 Å². The van der Waals surface area contributed by atoms with E-state index >= 15 is 0 Å². The predicted molar refractivity (Wildman–Crippen MR) is 97.9 cm³/mol. The molecule has 0 unspecified atom stereocenters. The Morgan fingerprint density at radius 2 is 1.81 bits per heavy atom. The second-order valence-electron chi connectivity index (χ2n) is 5.79. The lowest BCUT2D eigenvalue weighted by atomic mass is 10.1. The summed E-state index contributed by atoms with van der Waals surface area (Å²) in [6.45, 7) is 1.10. The highest BCUT2D eigenvalue weighted by Gasteiger charge is 2.19. The molecule has 0 aliphatic heterocycles. The number of aromatic hydroxyl groups is 1. The molecule has 0 aliphatic carbocycles. The number of hydrogen-bond donors (Lipinski definition) is 3. The zero-order valence-electron chi connectivity index (χ0n) is 14.7. The van der Waals surface area contributed by atoms with E-state index in [4.69, 9.17) is 9.84 Å². The van der Waals surface area contributed by atoms with Crippen LogP contribution in [0.2, 0.25) is 0 Å². The molecule has 8 heteroatoms. The molecule has 0 bridgehead atoms. The number of aliphatic carboxylic acids is 1. The number of nitrogens with zero attached hydrogens (tertiary/aromatic N) is 2. The molecule has 138 valence electrons. The fourth-order valence-corrected chi connectivity index (χ4v) is 2.65. The molecule has 0 saturated heterocycles. The second-order valence-corrected chi connectivity index (χ2v) is 5.79. The van der Waals surface area contributed by atoms with Crippen LogP contribution < -0.4 is 10.1 Å². The number of nitrogens with one attached hydrogen (secondary N) is 1. The molecule has 1 aromatic carbocycles. The first-order valence-corrected chi connectivity index (χ1v) is 8.05. The van der Waals surface area contributed by atoms with Gasteiger partial charge in [-0.3, -0.25) is 9.59 Å². The number of aromatic nitrogens is 2. The van der Waals surface area contributed by atoms with Crippen molar-refractivity contribution in [2.75, 3.05) is 13.7 Å². The molecule has 1 amide bonds.